The van der Waals surface area contributed by atoms with Crippen LogP contribution in [-0.2, 0) is 4.57 Å². The number of hydrogen-bond donors (Lipinski definition) is 2. The molecular weight excluding hydrogens is 257 g/mol. The summed E-state index contributed by atoms with van der Waals surface area (Å²) in [6, 6.07) is 0. The van der Waals surface area contributed by atoms with Crippen molar-refractivity contribution in [2.75, 3.05) is 17.9 Å². The maximum absolute atomic E-state index is 10.7. The molecule has 0 aromatic carbocycles. The fourth-order valence-corrected chi connectivity index (χ4v) is 3.62. The third kappa shape index (κ3) is 7.01. The summed E-state index contributed by atoms with van der Waals surface area (Å²) in [7, 11) is -4.10. The van der Waals surface area contributed by atoms with Crippen molar-refractivity contribution in [2.45, 2.75) is 17.7 Å². The molecule has 0 rings (SSSR count). The van der Waals surface area contributed by atoms with Crippen LogP contribution in [0.3, 0.4) is 0 Å². The molecule has 0 amide bonds. The molecule has 0 aliphatic rings. The van der Waals surface area contributed by atoms with Gasteiger partial charge < -0.3 is 9.79 Å². The van der Waals surface area contributed by atoms with E-state index in [1.165, 1.54) is 0 Å². The highest BCUT2D eigenvalue weighted by Crippen LogP contribution is 2.43. The fourth-order valence-electron chi connectivity index (χ4n) is 0.991. The standard InChI is InChI=1S/C6H12Cl3O3P/c7-3-1-6(9,2-4-8)5-13(10,11)12/h1-5H2,(H2,10,11,12). The monoisotopic (exact) mass is 268 g/mol. The van der Waals surface area contributed by atoms with Gasteiger partial charge in [0.2, 0.25) is 0 Å². The molecule has 0 fully saturated rings. The lowest BCUT2D eigenvalue weighted by molar-refractivity contribution is 0.362. The number of alkyl halides is 3. The zero-order chi connectivity index (χ0) is 10.5. The number of hydrogen-bond acceptors (Lipinski definition) is 1. The van der Waals surface area contributed by atoms with Crippen LogP contribution >= 0.6 is 42.4 Å². The Morgan fingerprint density at radius 2 is 1.54 bits per heavy atom. The molecule has 0 radical (unpaired) electrons. The minimum atomic E-state index is -4.10. The van der Waals surface area contributed by atoms with Gasteiger partial charge >= 0.3 is 7.60 Å². The van der Waals surface area contributed by atoms with Crippen LogP contribution in [-0.4, -0.2) is 32.6 Å². The van der Waals surface area contributed by atoms with Gasteiger partial charge in [0.15, 0.2) is 0 Å². The van der Waals surface area contributed by atoms with E-state index in [4.69, 9.17) is 44.6 Å². The van der Waals surface area contributed by atoms with Crippen molar-refractivity contribution in [3.8, 4) is 0 Å². The van der Waals surface area contributed by atoms with Crippen LogP contribution in [0.25, 0.3) is 0 Å². The van der Waals surface area contributed by atoms with Gasteiger partial charge in [0.1, 0.15) is 0 Å². The van der Waals surface area contributed by atoms with E-state index >= 15 is 0 Å². The molecule has 0 saturated heterocycles. The third-order valence-electron chi connectivity index (χ3n) is 1.57. The lowest BCUT2D eigenvalue weighted by atomic mass is 10.1. The van der Waals surface area contributed by atoms with E-state index in [-0.39, 0.29) is 17.9 Å². The second-order valence-electron chi connectivity index (χ2n) is 2.85. The molecule has 0 aromatic heterocycles. The maximum atomic E-state index is 10.7. The van der Waals surface area contributed by atoms with Crippen LogP contribution in [0.1, 0.15) is 12.8 Å². The summed E-state index contributed by atoms with van der Waals surface area (Å²) in [5, 5.41) is 0. The highest BCUT2D eigenvalue weighted by Gasteiger charge is 2.33. The molecular formula is C6H12Cl3O3P. The Morgan fingerprint density at radius 1 is 1.15 bits per heavy atom. The van der Waals surface area contributed by atoms with Crippen LogP contribution in [0, 0.1) is 0 Å². The van der Waals surface area contributed by atoms with Gasteiger partial charge in [-0.15, -0.1) is 34.8 Å². The predicted octanol–water partition coefficient (Wildman–Crippen LogP) is 2.40. The van der Waals surface area contributed by atoms with Crippen molar-refractivity contribution in [1.29, 1.82) is 0 Å². The second kappa shape index (κ2) is 5.79. The molecule has 0 unspecified atom stereocenters. The molecule has 0 spiro atoms. The highest BCUT2D eigenvalue weighted by atomic mass is 35.5. The van der Waals surface area contributed by atoms with Crippen molar-refractivity contribution in [3.63, 3.8) is 0 Å². The van der Waals surface area contributed by atoms with Gasteiger partial charge in [-0.1, -0.05) is 0 Å². The first-order valence-electron chi connectivity index (χ1n) is 3.68. The molecule has 80 valence electrons. The second-order valence-corrected chi connectivity index (χ2v) is 6.05. The highest BCUT2D eigenvalue weighted by molar-refractivity contribution is 7.52. The smallest absolute Gasteiger partial charge is 0.324 e. The molecule has 0 heterocycles. The van der Waals surface area contributed by atoms with Gasteiger partial charge in [0.25, 0.3) is 0 Å². The van der Waals surface area contributed by atoms with Crippen LogP contribution < -0.4 is 0 Å². The Hall–Kier alpha value is 1.02. The van der Waals surface area contributed by atoms with E-state index in [1.807, 2.05) is 0 Å². The first-order valence-corrected chi connectivity index (χ1v) is 6.93. The minimum absolute atomic E-state index is 0.264. The lowest BCUT2D eigenvalue weighted by Gasteiger charge is -2.25. The minimum Gasteiger partial charge on any atom is -0.324 e. The Kier molecular flexibility index (Phi) is 6.25. The van der Waals surface area contributed by atoms with Crippen molar-refractivity contribution in [1.82, 2.24) is 0 Å². The van der Waals surface area contributed by atoms with Crippen LogP contribution in [0.5, 0.6) is 0 Å². The average Bonchev–Trinajstić information content (AvgIpc) is 1.82. The lowest BCUT2D eigenvalue weighted by Crippen LogP contribution is -2.27. The maximum Gasteiger partial charge on any atom is 0.327 e. The first-order chi connectivity index (χ1) is 5.83. The molecule has 0 atom stereocenters. The van der Waals surface area contributed by atoms with Crippen LogP contribution in [0.15, 0.2) is 0 Å². The normalized spacial score (nSPS) is 13.3. The molecule has 0 saturated carbocycles. The topological polar surface area (TPSA) is 57.5 Å². The fraction of sp³-hybridized carbons (Fsp3) is 1.00. The van der Waals surface area contributed by atoms with Crippen LogP contribution in [0.2, 0.25) is 0 Å². The van der Waals surface area contributed by atoms with E-state index in [9.17, 15) is 4.57 Å². The molecule has 2 N–H and O–H groups in total. The third-order valence-corrected chi connectivity index (χ3v) is 3.67. The summed E-state index contributed by atoms with van der Waals surface area (Å²) in [4.78, 5) is 16.5. The van der Waals surface area contributed by atoms with Gasteiger partial charge in [-0.25, -0.2) is 0 Å². The van der Waals surface area contributed by atoms with E-state index in [0.29, 0.717) is 12.8 Å². The van der Waals surface area contributed by atoms with E-state index in [1.54, 1.807) is 0 Å². The summed E-state index contributed by atoms with van der Waals surface area (Å²) in [6.07, 6.45) is 0.308. The zero-order valence-electron chi connectivity index (χ0n) is 6.92. The van der Waals surface area contributed by atoms with Crippen molar-refractivity contribution < 1.29 is 14.4 Å². The van der Waals surface area contributed by atoms with E-state index in [0.717, 1.165) is 0 Å². The van der Waals surface area contributed by atoms with Crippen molar-refractivity contribution in [2.24, 2.45) is 0 Å². The van der Waals surface area contributed by atoms with Gasteiger partial charge in [-0.3, -0.25) is 4.57 Å². The predicted molar refractivity (Wildman–Crippen MR) is 56.2 cm³/mol. The summed E-state index contributed by atoms with van der Waals surface area (Å²) in [5.41, 5.74) is 0. The zero-order valence-corrected chi connectivity index (χ0v) is 10.1. The van der Waals surface area contributed by atoms with Crippen LogP contribution in [0.4, 0.5) is 0 Å². The molecule has 0 aliphatic carbocycles. The molecule has 7 heteroatoms. The largest absolute Gasteiger partial charge is 0.327 e. The Morgan fingerprint density at radius 3 is 1.77 bits per heavy atom. The Balaban J connectivity index is 4.31. The summed E-state index contributed by atoms with van der Waals surface area (Å²) in [6.45, 7) is 0. The molecule has 0 bridgehead atoms. The van der Waals surface area contributed by atoms with E-state index < -0.39 is 12.5 Å². The summed E-state index contributed by atoms with van der Waals surface area (Å²) >= 11 is 16.9. The summed E-state index contributed by atoms with van der Waals surface area (Å²) < 4.78 is 10.7. The molecule has 0 aliphatic heterocycles. The summed E-state index contributed by atoms with van der Waals surface area (Å²) in [5.74, 6) is 0.529. The number of rotatable bonds is 6. The SMILES string of the molecule is O=P(O)(O)CC(Cl)(CCCl)CCCl. The van der Waals surface area contributed by atoms with Crippen molar-refractivity contribution >= 4 is 42.4 Å². The van der Waals surface area contributed by atoms with E-state index in [2.05, 4.69) is 0 Å². The van der Waals surface area contributed by atoms with Gasteiger partial charge in [0.05, 0.1) is 11.0 Å². The molecule has 0 aromatic rings. The Labute approximate surface area is 92.5 Å². The molecule has 13 heavy (non-hydrogen) atoms. The first kappa shape index (κ1) is 14.0. The van der Waals surface area contributed by atoms with Gasteiger partial charge in [-0.05, 0) is 12.8 Å². The molecule has 3 nitrogen and oxygen atoms in total. The number of halogens is 3. The van der Waals surface area contributed by atoms with Gasteiger partial charge in [0, 0.05) is 11.8 Å². The van der Waals surface area contributed by atoms with Crippen molar-refractivity contribution in [3.05, 3.63) is 0 Å². The quantitative estimate of drug-likeness (QED) is 0.575. The van der Waals surface area contributed by atoms with Gasteiger partial charge in [-0.2, -0.15) is 0 Å². The Bertz CT molecular complexity index is 188. The average molecular weight is 269 g/mol.